The summed E-state index contributed by atoms with van der Waals surface area (Å²) in [6, 6.07) is 8.88. The molecule has 18 heavy (non-hydrogen) atoms. The molecule has 0 amide bonds. The standard InChI is InChI=1S/C14H18IN3/c1-10(14-9-17-18(3)11(14)2)16-8-12-5-4-6-13(15)7-12/h4-7,9-10,16H,8H2,1-3H3. The normalized spacial score (nSPS) is 12.7. The molecule has 1 aromatic heterocycles. The number of benzene rings is 1. The summed E-state index contributed by atoms with van der Waals surface area (Å²) in [5, 5.41) is 7.82. The molecule has 3 nitrogen and oxygen atoms in total. The Morgan fingerprint density at radius 3 is 2.83 bits per heavy atom. The van der Waals surface area contributed by atoms with Crippen molar-refractivity contribution in [2.24, 2.45) is 7.05 Å². The molecule has 1 heterocycles. The van der Waals surface area contributed by atoms with Gasteiger partial charge in [-0.25, -0.2) is 0 Å². The average Bonchev–Trinajstić information content (AvgIpc) is 2.67. The molecule has 0 aliphatic rings. The van der Waals surface area contributed by atoms with E-state index < -0.39 is 0 Å². The van der Waals surface area contributed by atoms with Crippen LogP contribution < -0.4 is 5.32 Å². The zero-order valence-corrected chi connectivity index (χ0v) is 13.1. The second kappa shape index (κ2) is 5.84. The number of hydrogen-bond donors (Lipinski definition) is 1. The number of hydrogen-bond acceptors (Lipinski definition) is 2. The van der Waals surface area contributed by atoms with Gasteiger partial charge in [-0.05, 0) is 54.1 Å². The van der Waals surface area contributed by atoms with Crippen LogP contribution in [-0.2, 0) is 13.6 Å². The topological polar surface area (TPSA) is 29.9 Å². The SMILES string of the molecule is Cc1c(C(C)NCc2cccc(I)c2)cnn1C. The lowest BCUT2D eigenvalue weighted by atomic mass is 10.1. The van der Waals surface area contributed by atoms with Crippen LogP contribution in [0, 0.1) is 10.5 Å². The van der Waals surface area contributed by atoms with Gasteiger partial charge in [0.15, 0.2) is 0 Å². The van der Waals surface area contributed by atoms with Crippen LogP contribution in [0.4, 0.5) is 0 Å². The predicted molar refractivity (Wildman–Crippen MR) is 82.4 cm³/mol. The highest BCUT2D eigenvalue weighted by molar-refractivity contribution is 14.1. The fourth-order valence-corrected chi connectivity index (χ4v) is 2.58. The summed E-state index contributed by atoms with van der Waals surface area (Å²) >= 11 is 2.34. The maximum atomic E-state index is 4.28. The lowest BCUT2D eigenvalue weighted by molar-refractivity contribution is 0.570. The molecular weight excluding hydrogens is 337 g/mol. The third kappa shape index (κ3) is 3.11. The van der Waals surface area contributed by atoms with Crippen LogP contribution in [-0.4, -0.2) is 9.78 Å². The Labute approximate surface area is 122 Å². The molecule has 1 aromatic carbocycles. The summed E-state index contributed by atoms with van der Waals surface area (Å²) in [7, 11) is 1.98. The van der Waals surface area contributed by atoms with E-state index in [1.54, 1.807) is 0 Å². The van der Waals surface area contributed by atoms with Gasteiger partial charge in [0.1, 0.15) is 0 Å². The highest BCUT2D eigenvalue weighted by Crippen LogP contribution is 2.17. The molecule has 2 aromatic rings. The van der Waals surface area contributed by atoms with Crippen LogP contribution in [0.15, 0.2) is 30.5 Å². The van der Waals surface area contributed by atoms with Crippen molar-refractivity contribution in [1.29, 1.82) is 0 Å². The van der Waals surface area contributed by atoms with Gasteiger partial charge in [0.05, 0.1) is 6.20 Å². The van der Waals surface area contributed by atoms with Gasteiger partial charge in [-0.1, -0.05) is 12.1 Å². The maximum absolute atomic E-state index is 4.28. The van der Waals surface area contributed by atoms with Crippen molar-refractivity contribution in [3.05, 3.63) is 50.9 Å². The summed E-state index contributed by atoms with van der Waals surface area (Å²) in [5.74, 6) is 0. The first kappa shape index (κ1) is 13.5. The van der Waals surface area contributed by atoms with Crippen molar-refractivity contribution in [2.75, 3.05) is 0 Å². The van der Waals surface area contributed by atoms with E-state index in [0.717, 1.165) is 6.54 Å². The van der Waals surface area contributed by atoms with E-state index in [-0.39, 0.29) is 0 Å². The van der Waals surface area contributed by atoms with Crippen LogP contribution in [0.5, 0.6) is 0 Å². The quantitative estimate of drug-likeness (QED) is 0.854. The first-order valence-corrected chi connectivity index (χ1v) is 7.12. The molecule has 0 radical (unpaired) electrons. The molecular formula is C14H18IN3. The van der Waals surface area contributed by atoms with E-state index in [1.165, 1.54) is 20.4 Å². The number of halogens is 1. The van der Waals surface area contributed by atoms with E-state index in [9.17, 15) is 0 Å². The Morgan fingerprint density at radius 2 is 2.22 bits per heavy atom. The Bertz CT molecular complexity index is 534. The van der Waals surface area contributed by atoms with Crippen molar-refractivity contribution in [3.8, 4) is 0 Å². The largest absolute Gasteiger partial charge is 0.306 e. The molecule has 1 N–H and O–H groups in total. The smallest absolute Gasteiger partial charge is 0.0540 e. The van der Waals surface area contributed by atoms with Gasteiger partial charge in [0, 0.05) is 34.5 Å². The summed E-state index contributed by atoms with van der Waals surface area (Å²) in [6.45, 7) is 5.16. The molecule has 2 rings (SSSR count). The highest BCUT2D eigenvalue weighted by atomic mass is 127. The fourth-order valence-electron chi connectivity index (χ4n) is 1.97. The monoisotopic (exact) mass is 355 g/mol. The minimum absolute atomic E-state index is 0.316. The lowest BCUT2D eigenvalue weighted by Gasteiger charge is -2.13. The Hall–Kier alpha value is -0.880. The summed E-state index contributed by atoms with van der Waals surface area (Å²) in [4.78, 5) is 0. The molecule has 0 fully saturated rings. The highest BCUT2D eigenvalue weighted by Gasteiger charge is 2.11. The van der Waals surface area contributed by atoms with E-state index >= 15 is 0 Å². The number of aromatic nitrogens is 2. The Balaban J connectivity index is 2.00. The Morgan fingerprint density at radius 1 is 1.44 bits per heavy atom. The fraction of sp³-hybridized carbons (Fsp3) is 0.357. The molecule has 0 saturated carbocycles. The maximum Gasteiger partial charge on any atom is 0.0540 e. The second-order valence-corrected chi connectivity index (χ2v) is 5.79. The summed E-state index contributed by atoms with van der Waals surface area (Å²) < 4.78 is 3.19. The predicted octanol–water partition coefficient (Wildman–Crippen LogP) is 3.18. The van der Waals surface area contributed by atoms with Crippen LogP contribution in [0.3, 0.4) is 0 Å². The molecule has 0 bridgehead atoms. The average molecular weight is 355 g/mol. The van der Waals surface area contributed by atoms with Gasteiger partial charge < -0.3 is 5.32 Å². The molecule has 1 atom stereocenters. The van der Waals surface area contributed by atoms with Gasteiger partial charge in [0.2, 0.25) is 0 Å². The van der Waals surface area contributed by atoms with Crippen LogP contribution >= 0.6 is 22.6 Å². The van der Waals surface area contributed by atoms with E-state index in [0.29, 0.717) is 6.04 Å². The first-order chi connectivity index (χ1) is 8.58. The molecule has 0 aliphatic heterocycles. The molecule has 0 spiro atoms. The van der Waals surface area contributed by atoms with Gasteiger partial charge in [0.25, 0.3) is 0 Å². The zero-order chi connectivity index (χ0) is 13.1. The van der Waals surface area contributed by atoms with Gasteiger partial charge in [-0.3, -0.25) is 4.68 Å². The number of aryl methyl sites for hydroxylation is 1. The van der Waals surface area contributed by atoms with Crippen molar-refractivity contribution < 1.29 is 0 Å². The number of nitrogens with one attached hydrogen (secondary N) is 1. The van der Waals surface area contributed by atoms with E-state index in [1.807, 2.05) is 17.9 Å². The molecule has 1 unspecified atom stereocenters. The van der Waals surface area contributed by atoms with Crippen molar-refractivity contribution in [1.82, 2.24) is 15.1 Å². The van der Waals surface area contributed by atoms with Crippen LogP contribution in [0.2, 0.25) is 0 Å². The summed E-state index contributed by atoms with van der Waals surface area (Å²) in [5.41, 5.74) is 3.80. The third-order valence-electron chi connectivity index (χ3n) is 3.24. The molecule has 4 heteroatoms. The first-order valence-electron chi connectivity index (χ1n) is 6.04. The molecule has 96 valence electrons. The second-order valence-electron chi connectivity index (χ2n) is 4.54. The number of rotatable bonds is 4. The van der Waals surface area contributed by atoms with Crippen molar-refractivity contribution >= 4 is 22.6 Å². The zero-order valence-electron chi connectivity index (χ0n) is 10.9. The van der Waals surface area contributed by atoms with Crippen molar-refractivity contribution in [2.45, 2.75) is 26.4 Å². The van der Waals surface area contributed by atoms with Crippen LogP contribution in [0.1, 0.15) is 29.8 Å². The lowest BCUT2D eigenvalue weighted by Crippen LogP contribution is -2.18. The van der Waals surface area contributed by atoms with Crippen LogP contribution in [0.25, 0.3) is 0 Å². The molecule has 0 saturated heterocycles. The Kier molecular flexibility index (Phi) is 4.40. The molecule has 0 aliphatic carbocycles. The number of nitrogens with zero attached hydrogens (tertiary/aromatic N) is 2. The minimum Gasteiger partial charge on any atom is -0.306 e. The van der Waals surface area contributed by atoms with Gasteiger partial charge in [-0.15, -0.1) is 0 Å². The van der Waals surface area contributed by atoms with Gasteiger partial charge in [-0.2, -0.15) is 5.10 Å². The van der Waals surface area contributed by atoms with E-state index in [2.05, 4.69) is 71.1 Å². The van der Waals surface area contributed by atoms with Crippen molar-refractivity contribution in [3.63, 3.8) is 0 Å². The van der Waals surface area contributed by atoms with E-state index in [4.69, 9.17) is 0 Å². The summed E-state index contributed by atoms with van der Waals surface area (Å²) in [6.07, 6.45) is 1.95. The minimum atomic E-state index is 0.316. The third-order valence-corrected chi connectivity index (χ3v) is 3.91. The van der Waals surface area contributed by atoms with Gasteiger partial charge >= 0.3 is 0 Å².